The van der Waals surface area contributed by atoms with Gasteiger partial charge in [-0.25, -0.2) is 4.98 Å². The van der Waals surface area contributed by atoms with Crippen molar-refractivity contribution in [3.8, 4) is 0 Å². The van der Waals surface area contributed by atoms with Gasteiger partial charge < -0.3 is 4.90 Å². The van der Waals surface area contributed by atoms with E-state index < -0.39 is 0 Å². The summed E-state index contributed by atoms with van der Waals surface area (Å²) in [6, 6.07) is 10.1. The Balaban J connectivity index is 1.86. The number of fused-ring (bicyclic) bond motifs is 1. The maximum Gasteiger partial charge on any atom is 0.271 e. The third-order valence-corrected chi connectivity index (χ3v) is 6.14. The summed E-state index contributed by atoms with van der Waals surface area (Å²) in [6.07, 6.45) is 5.86. The van der Waals surface area contributed by atoms with Gasteiger partial charge >= 0.3 is 0 Å². The molecule has 0 saturated heterocycles. The van der Waals surface area contributed by atoms with Crippen molar-refractivity contribution in [1.82, 2.24) is 14.3 Å². The first-order valence-corrected chi connectivity index (χ1v) is 11.5. The second-order valence-electron chi connectivity index (χ2n) is 8.65. The molecule has 0 N–H and O–H groups in total. The number of hydrogen-bond acceptors (Lipinski definition) is 4. The summed E-state index contributed by atoms with van der Waals surface area (Å²) in [6.45, 7) is 9.91. The fraction of sp³-hybridized carbons (Fsp3) is 0.458. The predicted molar refractivity (Wildman–Crippen MR) is 123 cm³/mol. The molecule has 0 saturated carbocycles. The van der Waals surface area contributed by atoms with E-state index in [-0.39, 0.29) is 17.0 Å². The van der Waals surface area contributed by atoms with Crippen molar-refractivity contribution in [3.05, 3.63) is 69.1 Å². The molecule has 0 fully saturated rings. The molecule has 30 heavy (non-hydrogen) atoms. The number of carbonyl (C=O) groups excluding carboxylic acids is 1. The molecule has 0 unspecified atom stereocenters. The number of hydrogen-bond donors (Lipinski definition) is 0. The van der Waals surface area contributed by atoms with Crippen molar-refractivity contribution < 1.29 is 4.79 Å². The highest BCUT2D eigenvalue weighted by atomic mass is 32.1. The highest BCUT2D eigenvalue weighted by Gasteiger charge is 2.21. The van der Waals surface area contributed by atoms with E-state index in [1.165, 1.54) is 27.5 Å². The van der Waals surface area contributed by atoms with Gasteiger partial charge in [0.25, 0.3) is 11.5 Å². The summed E-state index contributed by atoms with van der Waals surface area (Å²) in [5.41, 5.74) is 1.06. The Morgan fingerprint density at radius 1 is 1.07 bits per heavy atom. The molecule has 0 aliphatic rings. The Bertz CT molecular complexity index is 1030. The molecule has 2 aromatic heterocycles. The number of benzene rings is 1. The third kappa shape index (κ3) is 5.57. The lowest BCUT2D eigenvalue weighted by molar-refractivity contribution is 0.0738. The molecule has 1 amide bonds. The van der Waals surface area contributed by atoms with Crippen molar-refractivity contribution in [2.24, 2.45) is 11.8 Å². The molecule has 1 aromatic carbocycles. The summed E-state index contributed by atoms with van der Waals surface area (Å²) in [4.78, 5) is 34.2. The molecule has 0 bridgehead atoms. The second-order valence-corrected chi connectivity index (χ2v) is 9.74. The van der Waals surface area contributed by atoms with Crippen molar-refractivity contribution in [2.45, 2.75) is 47.0 Å². The summed E-state index contributed by atoms with van der Waals surface area (Å²) in [5.74, 6) is 0.788. The summed E-state index contributed by atoms with van der Waals surface area (Å²) in [7, 11) is 0. The maximum absolute atomic E-state index is 13.2. The summed E-state index contributed by atoms with van der Waals surface area (Å²) < 4.78 is 1.53. The molecule has 0 spiro atoms. The summed E-state index contributed by atoms with van der Waals surface area (Å²) >= 11 is 1.49. The minimum Gasteiger partial charge on any atom is -0.338 e. The van der Waals surface area contributed by atoms with Crippen LogP contribution in [-0.4, -0.2) is 33.3 Å². The predicted octanol–water partition coefficient (Wildman–Crippen LogP) is 4.88. The monoisotopic (exact) mass is 425 g/mol. The third-order valence-electron chi connectivity index (χ3n) is 5.15. The lowest BCUT2D eigenvalue weighted by Crippen LogP contribution is -2.37. The van der Waals surface area contributed by atoms with Gasteiger partial charge in [0.1, 0.15) is 5.56 Å². The minimum absolute atomic E-state index is 0.157. The van der Waals surface area contributed by atoms with E-state index in [0.29, 0.717) is 29.9 Å². The van der Waals surface area contributed by atoms with Crippen LogP contribution in [0.2, 0.25) is 0 Å². The highest BCUT2D eigenvalue weighted by Crippen LogP contribution is 2.19. The first-order chi connectivity index (χ1) is 14.3. The average Bonchev–Trinajstić information content (AvgIpc) is 3.11. The molecule has 0 aliphatic heterocycles. The van der Waals surface area contributed by atoms with Crippen LogP contribution in [0.1, 0.15) is 61.3 Å². The standard InChI is InChI=1S/C24H31N3O2S/c1-17(2)10-12-26(13-11-18(3)4)22(28)21-15-25-24-27(23(21)29)16-20(30-24)14-19-8-6-5-7-9-19/h5-9,15-18H,10-14H2,1-4H3. The Morgan fingerprint density at radius 2 is 1.70 bits per heavy atom. The normalized spacial score (nSPS) is 11.5. The SMILES string of the molecule is CC(C)CCN(CCC(C)C)C(=O)c1cnc2sc(Cc3ccccc3)cn2c1=O. The Kier molecular flexibility index (Phi) is 7.43. The Morgan fingerprint density at radius 3 is 2.30 bits per heavy atom. The van der Waals surface area contributed by atoms with Gasteiger partial charge in [-0.1, -0.05) is 58.0 Å². The minimum atomic E-state index is -0.278. The maximum atomic E-state index is 13.2. The van der Waals surface area contributed by atoms with Crippen LogP contribution in [0.25, 0.3) is 4.96 Å². The van der Waals surface area contributed by atoms with Crippen LogP contribution in [0.4, 0.5) is 0 Å². The van der Waals surface area contributed by atoms with Crippen molar-refractivity contribution in [1.29, 1.82) is 0 Å². The van der Waals surface area contributed by atoms with E-state index in [0.717, 1.165) is 24.1 Å². The van der Waals surface area contributed by atoms with Gasteiger partial charge in [-0.05, 0) is 30.2 Å². The number of aromatic nitrogens is 2. The average molecular weight is 426 g/mol. The number of carbonyl (C=O) groups is 1. The van der Waals surface area contributed by atoms with Gasteiger partial charge in [-0.3, -0.25) is 14.0 Å². The molecule has 3 aromatic rings. The topological polar surface area (TPSA) is 54.7 Å². The number of amides is 1. The molecule has 160 valence electrons. The fourth-order valence-corrected chi connectivity index (χ4v) is 4.24. The first-order valence-electron chi connectivity index (χ1n) is 10.7. The quantitative estimate of drug-likeness (QED) is 0.491. The molecule has 0 aliphatic carbocycles. The Hall–Kier alpha value is -2.47. The number of rotatable bonds is 9. The van der Waals surface area contributed by atoms with E-state index in [1.54, 1.807) is 0 Å². The van der Waals surface area contributed by atoms with Gasteiger partial charge in [0.2, 0.25) is 0 Å². The molecular formula is C24H31N3O2S. The van der Waals surface area contributed by atoms with Gasteiger partial charge in [0, 0.05) is 36.8 Å². The van der Waals surface area contributed by atoms with Crippen LogP contribution in [0.5, 0.6) is 0 Å². The van der Waals surface area contributed by atoms with Crippen LogP contribution in [0.15, 0.2) is 47.5 Å². The van der Waals surface area contributed by atoms with Gasteiger partial charge in [-0.15, -0.1) is 11.3 Å². The molecular weight excluding hydrogens is 394 g/mol. The summed E-state index contributed by atoms with van der Waals surface area (Å²) in [5, 5.41) is 0. The van der Waals surface area contributed by atoms with E-state index in [2.05, 4.69) is 44.8 Å². The zero-order valence-electron chi connectivity index (χ0n) is 18.3. The first kappa shape index (κ1) is 22.2. The zero-order chi connectivity index (χ0) is 21.7. The fourth-order valence-electron chi connectivity index (χ4n) is 3.27. The van der Waals surface area contributed by atoms with Crippen molar-refractivity contribution in [3.63, 3.8) is 0 Å². The van der Waals surface area contributed by atoms with E-state index >= 15 is 0 Å². The molecule has 3 rings (SSSR count). The molecule has 0 radical (unpaired) electrons. The van der Waals surface area contributed by atoms with Crippen LogP contribution >= 0.6 is 11.3 Å². The van der Waals surface area contributed by atoms with Crippen molar-refractivity contribution in [2.75, 3.05) is 13.1 Å². The lowest BCUT2D eigenvalue weighted by Gasteiger charge is -2.24. The van der Waals surface area contributed by atoms with Crippen LogP contribution in [-0.2, 0) is 6.42 Å². The smallest absolute Gasteiger partial charge is 0.271 e. The number of nitrogens with zero attached hydrogens (tertiary/aromatic N) is 3. The zero-order valence-corrected chi connectivity index (χ0v) is 19.1. The van der Waals surface area contributed by atoms with E-state index in [9.17, 15) is 9.59 Å². The lowest BCUT2D eigenvalue weighted by atomic mass is 10.1. The molecule has 2 heterocycles. The van der Waals surface area contributed by atoms with Gasteiger partial charge in [0.05, 0.1) is 0 Å². The largest absolute Gasteiger partial charge is 0.338 e. The Labute approximate surface area is 182 Å². The van der Waals surface area contributed by atoms with Gasteiger partial charge in [-0.2, -0.15) is 0 Å². The van der Waals surface area contributed by atoms with Crippen LogP contribution in [0.3, 0.4) is 0 Å². The van der Waals surface area contributed by atoms with E-state index in [1.807, 2.05) is 29.3 Å². The van der Waals surface area contributed by atoms with Crippen LogP contribution in [0, 0.1) is 11.8 Å². The molecule has 0 atom stereocenters. The van der Waals surface area contributed by atoms with Crippen LogP contribution < -0.4 is 5.56 Å². The van der Waals surface area contributed by atoms with Gasteiger partial charge in [0.15, 0.2) is 4.96 Å². The molecule has 5 nitrogen and oxygen atoms in total. The second kappa shape index (κ2) is 10.0. The van der Waals surface area contributed by atoms with Crippen molar-refractivity contribution >= 4 is 22.2 Å². The highest BCUT2D eigenvalue weighted by molar-refractivity contribution is 7.17. The van der Waals surface area contributed by atoms with E-state index in [4.69, 9.17) is 0 Å². The number of thiazole rings is 1. The molecule has 6 heteroatoms.